The average molecular weight is 204 g/mol. The van der Waals surface area contributed by atoms with Crippen LogP contribution in [0, 0.1) is 6.92 Å². The quantitative estimate of drug-likeness (QED) is 0.756. The third-order valence-electron chi connectivity index (χ3n) is 3.13. The molecule has 2 nitrogen and oxygen atoms in total. The molecule has 0 bridgehead atoms. The lowest BCUT2D eigenvalue weighted by atomic mass is 10.0. The molecular formula is C13H20N2. The molecule has 0 radical (unpaired) electrons. The van der Waals surface area contributed by atoms with Gasteiger partial charge in [0, 0.05) is 18.6 Å². The van der Waals surface area contributed by atoms with E-state index in [1.54, 1.807) is 0 Å². The predicted octanol–water partition coefficient (Wildman–Crippen LogP) is 3.02. The van der Waals surface area contributed by atoms with Crippen LogP contribution in [0.1, 0.15) is 26.3 Å². The number of hydrogen-bond acceptors (Lipinski definition) is 2. The molecule has 15 heavy (non-hydrogen) atoms. The zero-order chi connectivity index (χ0) is 11.0. The molecule has 1 atom stereocenters. The van der Waals surface area contributed by atoms with Crippen molar-refractivity contribution in [3.63, 3.8) is 0 Å². The van der Waals surface area contributed by atoms with Gasteiger partial charge in [0.05, 0.1) is 11.4 Å². The maximum absolute atomic E-state index is 3.52. The molecule has 0 aromatic heterocycles. The van der Waals surface area contributed by atoms with Gasteiger partial charge in [0.25, 0.3) is 0 Å². The minimum Gasteiger partial charge on any atom is -0.381 e. The molecule has 0 saturated heterocycles. The molecule has 0 fully saturated rings. The van der Waals surface area contributed by atoms with Gasteiger partial charge < -0.3 is 10.2 Å². The van der Waals surface area contributed by atoms with Gasteiger partial charge in [0.15, 0.2) is 0 Å². The SMILES string of the molecule is Cc1cccc2c1NCC(C)N2C(C)C. The lowest BCUT2D eigenvalue weighted by Gasteiger charge is -2.41. The molecule has 2 rings (SSSR count). The van der Waals surface area contributed by atoms with Crippen LogP contribution >= 0.6 is 0 Å². The molecule has 1 unspecified atom stereocenters. The molecule has 0 saturated carbocycles. The number of aryl methyl sites for hydroxylation is 1. The van der Waals surface area contributed by atoms with Crippen LogP contribution in [0.2, 0.25) is 0 Å². The predicted molar refractivity (Wildman–Crippen MR) is 66.7 cm³/mol. The summed E-state index contributed by atoms with van der Waals surface area (Å²) in [5, 5.41) is 3.52. The van der Waals surface area contributed by atoms with Crippen LogP contribution in [-0.4, -0.2) is 18.6 Å². The first-order valence-electron chi connectivity index (χ1n) is 5.73. The summed E-state index contributed by atoms with van der Waals surface area (Å²) in [6.07, 6.45) is 0. The first-order valence-corrected chi connectivity index (χ1v) is 5.73. The maximum atomic E-state index is 3.52. The van der Waals surface area contributed by atoms with Crippen molar-refractivity contribution in [2.24, 2.45) is 0 Å². The van der Waals surface area contributed by atoms with Crippen molar-refractivity contribution in [2.45, 2.75) is 39.8 Å². The molecule has 1 heterocycles. The van der Waals surface area contributed by atoms with Crippen molar-refractivity contribution in [3.8, 4) is 0 Å². The molecule has 0 spiro atoms. The summed E-state index contributed by atoms with van der Waals surface area (Å²) in [5.74, 6) is 0. The number of nitrogens with zero attached hydrogens (tertiary/aromatic N) is 1. The molecule has 1 aromatic carbocycles. The zero-order valence-corrected chi connectivity index (χ0v) is 10.0. The van der Waals surface area contributed by atoms with E-state index in [0.29, 0.717) is 12.1 Å². The number of hydrogen-bond donors (Lipinski definition) is 1. The van der Waals surface area contributed by atoms with E-state index in [9.17, 15) is 0 Å². The highest BCUT2D eigenvalue weighted by Gasteiger charge is 2.25. The number of rotatable bonds is 1. The Hall–Kier alpha value is -1.18. The molecule has 1 aromatic rings. The fourth-order valence-corrected chi connectivity index (χ4v) is 2.47. The monoisotopic (exact) mass is 204 g/mol. The summed E-state index contributed by atoms with van der Waals surface area (Å²) >= 11 is 0. The summed E-state index contributed by atoms with van der Waals surface area (Å²) in [7, 11) is 0. The summed E-state index contributed by atoms with van der Waals surface area (Å²) < 4.78 is 0. The second-order valence-electron chi connectivity index (χ2n) is 4.70. The van der Waals surface area contributed by atoms with E-state index in [4.69, 9.17) is 0 Å². The second kappa shape index (κ2) is 3.76. The Morgan fingerprint density at radius 2 is 2.13 bits per heavy atom. The van der Waals surface area contributed by atoms with Gasteiger partial charge in [-0.1, -0.05) is 12.1 Å². The summed E-state index contributed by atoms with van der Waals surface area (Å²) in [5.41, 5.74) is 4.00. The van der Waals surface area contributed by atoms with Gasteiger partial charge in [-0.3, -0.25) is 0 Å². The van der Waals surface area contributed by atoms with Crippen LogP contribution in [0.25, 0.3) is 0 Å². The molecule has 1 N–H and O–H groups in total. The third-order valence-corrected chi connectivity index (χ3v) is 3.13. The third kappa shape index (κ3) is 1.69. The van der Waals surface area contributed by atoms with E-state index in [-0.39, 0.29) is 0 Å². The second-order valence-corrected chi connectivity index (χ2v) is 4.70. The van der Waals surface area contributed by atoms with Gasteiger partial charge in [-0.15, -0.1) is 0 Å². The van der Waals surface area contributed by atoms with Crippen molar-refractivity contribution in [3.05, 3.63) is 23.8 Å². The maximum Gasteiger partial charge on any atom is 0.0610 e. The van der Waals surface area contributed by atoms with Crippen LogP contribution in [-0.2, 0) is 0 Å². The first kappa shape index (κ1) is 10.3. The minimum absolute atomic E-state index is 0.558. The van der Waals surface area contributed by atoms with Crippen molar-refractivity contribution in [1.29, 1.82) is 0 Å². The lowest BCUT2D eigenvalue weighted by Crippen LogP contribution is -2.46. The van der Waals surface area contributed by atoms with Gasteiger partial charge in [0.2, 0.25) is 0 Å². The van der Waals surface area contributed by atoms with Crippen LogP contribution in [0.3, 0.4) is 0 Å². The van der Waals surface area contributed by atoms with Crippen molar-refractivity contribution in [1.82, 2.24) is 0 Å². The Kier molecular flexibility index (Phi) is 2.59. The number of nitrogens with one attached hydrogen (secondary N) is 1. The Bertz CT molecular complexity index is 358. The summed E-state index contributed by atoms with van der Waals surface area (Å²) in [6, 6.07) is 7.65. The van der Waals surface area contributed by atoms with Gasteiger partial charge in [-0.25, -0.2) is 0 Å². The van der Waals surface area contributed by atoms with Crippen molar-refractivity contribution < 1.29 is 0 Å². The molecular weight excluding hydrogens is 184 g/mol. The van der Waals surface area contributed by atoms with Gasteiger partial charge >= 0.3 is 0 Å². The Labute approximate surface area is 92.3 Å². The van der Waals surface area contributed by atoms with E-state index in [1.165, 1.54) is 16.9 Å². The minimum atomic E-state index is 0.558. The highest BCUT2D eigenvalue weighted by Crippen LogP contribution is 2.35. The number of fused-ring (bicyclic) bond motifs is 1. The van der Waals surface area contributed by atoms with Crippen LogP contribution in [0.4, 0.5) is 11.4 Å². The van der Waals surface area contributed by atoms with Crippen molar-refractivity contribution >= 4 is 11.4 Å². The largest absolute Gasteiger partial charge is 0.381 e. The number of benzene rings is 1. The van der Waals surface area contributed by atoms with E-state index in [2.05, 4.69) is 56.1 Å². The number of para-hydroxylation sites is 1. The topological polar surface area (TPSA) is 15.3 Å². The highest BCUT2D eigenvalue weighted by atomic mass is 15.2. The van der Waals surface area contributed by atoms with E-state index in [0.717, 1.165) is 6.54 Å². The summed E-state index contributed by atoms with van der Waals surface area (Å²) in [6.45, 7) is 10.00. The molecule has 2 heteroatoms. The fraction of sp³-hybridized carbons (Fsp3) is 0.538. The molecule has 0 aliphatic carbocycles. The Morgan fingerprint density at radius 3 is 2.80 bits per heavy atom. The zero-order valence-electron chi connectivity index (χ0n) is 10.0. The van der Waals surface area contributed by atoms with Crippen LogP contribution < -0.4 is 10.2 Å². The Morgan fingerprint density at radius 1 is 1.40 bits per heavy atom. The van der Waals surface area contributed by atoms with E-state index < -0.39 is 0 Å². The normalized spacial score (nSPS) is 20.1. The van der Waals surface area contributed by atoms with E-state index in [1.807, 2.05) is 0 Å². The van der Waals surface area contributed by atoms with Crippen LogP contribution in [0.5, 0.6) is 0 Å². The van der Waals surface area contributed by atoms with Crippen LogP contribution in [0.15, 0.2) is 18.2 Å². The number of anilines is 2. The van der Waals surface area contributed by atoms with Gasteiger partial charge in [-0.05, 0) is 39.3 Å². The first-order chi connectivity index (χ1) is 7.11. The van der Waals surface area contributed by atoms with Gasteiger partial charge in [-0.2, -0.15) is 0 Å². The highest BCUT2D eigenvalue weighted by molar-refractivity contribution is 5.76. The van der Waals surface area contributed by atoms with Gasteiger partial charge in [0.1, 0.15) is 0 Å². The fourth-order valence-electron chi connectivity index (χ4n) is 2.47. The summed E-state index contributed by atoms with van der Waals surface area (Å²) in [4.78, 5) is 2.50. The Balaban J connectivity index is 2.48. The molecule has 1 aliphatic heterocycles. The molecule has 82 valence electrons. The average Bonchev–Trinajstić information content (AvgIpc) is 2.17. The smallest absolute Gasteiger partial charge is 0.0610 e. The lowest BCUT2D eigenvalue weighted by molar-refractivity contribution is 0.580. The standard InChI is InChI=1S/C13H20N2/c1-9(2)15-11(4)8-14-13-10(3)6-5-7-12(13)15/h5-7,9,11,14H,8H2,1-4H3. The van der Waals surface area contributed by atoms with E-state index >= 15 is 0 Å². The molecule has 1 aliphatic rings. The molecule has 0 amide bonds. The van der Waals surface area contributed by atoms with Crippen molar-refractivity contribution in [2.75, 3.05) is 16.8 Å².